The summed E-state index contributed by atoms with van der Waals surface area (Å²) >= 11 is 1.49. The van der Waals surface area contributed by atoms with Crippen LogP contribution in [0.25, 0.3) is 0 Å². The summed E-state index contributed by atoms with van der Waals surface area (Å²) in [7, 11) is 1.36. The number of piperidine rings is 1. The number of nitrogens with zero attached hydrogens (tertiary/aromatic N) is 1. The van der Waals surface area contributed by atoms with E-state index < -0.39 is 0 Å². The molecule has 0 radical (unpaired) electrons. The predicted molar refractivity (Wildman–Crippen MR) is 56.2 cm³/mol. The molecule has 15 heavy (non-hydrogen) atoms. The fourth-order valence-corrected chi connectivity index (χ4v) is 3.27. The summed E-state index contributed by atoms with van der Waals surface area (Å²) in [6.45, 7) is 3.19. The highest BCUT2D eigenvalue weighted by Gasteiger charge is 2.45. The van der Waals surface area contributed by atoms with Crippen LogP contribution in [0.3, 0.4) is 0 Å². The number of methoxy groups -OCH3 is 1. The van der Waals surface area contributed by atoms with E-state index in [4.69, 9.17) is 0 Å². The third-order valence-electron chi connectivity index (χ3n) is 2.95. The molecule has 0 aromatic carbocycles. The quantitative estimate of drug-likeness (QED) is 0.614. The number of rotatable bonds is 0. The lowest BCUT2D eigenvalue weighted by atomic mass is 9.89. The van der Waals surface area contributed by atoms with Gasteiger partial charge in [0.15, 0.2) is 0 Å². The Hall–Kier alpha value is -0.910. The summed E-state index contributed by atoms with van der Waals surface area (Å²) in [4.78, 5) is 24.5. The van der Waals surface area contributed by atoms with Gasteiger partial charge in [0.25, 0.3) is 0 Å². The lowest BCUT2D eigenvalue weighted by Gasteiger charge is -2.36. The minimum Gasteiger partial charge on any atom is -0.453 e. The lowest BCUT2D eigenvalue weighted by Crippen LogP contribution is -2.49. The van der Waals surface area contributed by atoms with E-state index in [1.807, 2.05) is 0 Å². The molecular formula is C9H14N2O3S. The Morgan fingerprint density at radius 3 is 3.00 bits per heavy atom. The zero-order valence-electron chi connectivity index (χ0n) is 8.73. The van der Waals surface area contributed by atoms with E-state index in [0.717, 1.165) is 0 Å². The number of likely N-dealkylation sites (tertiary alicyclic amines) is 1. The molecule has 1 N–H and O–H groups in total. The van der Waals surface area contributed by atoms with Gasteiger partial charge < -0.3 is 9.64 Å². The molecule has 0 aliphatic carbocycles. The molecule has 2 saturated heterocycles. The number of carbonyl (C=O) groups excluding carboxylic acids is 2. The van der Waals surface area contributed by atoms with Crippen molar-refractivity contribution in [1.82, 2.24) is 9.62 Å². The molecule has 84 valence electrons. The Balaban J connectivity index is 2.10. The van der Waals surface area contributed by atoms with E-state index >= 15 is 0 Å². The fourth-order valence-electron chi connectivity index (χ4n) is 2.17. The average Bonchev–Trinajstić information content (AvgIpc) is 2.60. The van der Waals surface area contributed by atoms with Gasteiger partial charge in [0.05, 0.1) is 13.0 Å². The maximum absolute atomic E-state index is 11.5. The fraction of sp³-hybridized carbons (Fsp3) is 0.778. The van der Waals surface area contributed by atoms with Crippen LogP contribution in [-0.2, 0) is 9.53 Å². The van der Waals surface area contributed by atoms with Gasteiger partial charge in [-0.3, -0.25) is 9.52 Å². The average molecular weight is 230 g/mol. The first-order valence-corrected chi connectivity index (χ1v) is 5.80. The van der Waals surface area contributed by atoms with Crippen LogP contribution in [-0.4, -0.2) is 42.3 Å². The molecule has 3 atom stereocenters. The largest absolute Gasteiger partial charge is 0.453 e. The highest BCUT2D eigenvalue weighted by molar-refractivity contribution is 7.99. The van der Waals surface area contributed by atoms with E-state index in [2.05, 4.69) is 16.4 Å². The second kappa shape index (κ2) is 3.92. The van der Waals surface area contributed by atoms with Gasteiger partial charge in [-0.15, -0.1) is 0 Å². The summed E-state index contributed by atoms with van der Waals surface area (Å²) in [6, 6.07) is 0. The van der Waals surface area contributed by atoms with Gasteiger partial charge in [0.2, 0.25) is 5.91 Å². The number of amides is 2. The van der Waals surface area contributed by atoms with E-state index in [-0.39, 0.29) is 17.9 Å². The Labute approximate surface area is 92.7 Å². The molecule has 0 bridgehead atoms. The Bertz CT molecular complexity index is 297. The standard InChI is InChI=1S/C9H14N2O3S/c1-5-3-11(9(13)14-2)4-6-7(5)15-10-8(6)12/h5-7H,3-4H2,1-2H3,(H,10,12). The molecule has 0 spiro atoms. The molecule has 0 aromatic heterocycles. The third-order valence-corrected chi connectivity index (χ3v) is 4.33. The number of carbonyl (C=O) groups is 2. The lowest BCUT2D eigenvalue weighted by molar-refractivity contribution is -0.123. The molecule has 2 heterocycles. The maximum atomic E-state index is 11.5. The van der Waals surface area contributed by atoms with Crippen LogP contribution in [0.2, 0.25) is 0 Å². The van der Waals surface area contributed by atoms with E-state index in [1.165, 1.54) is 19.1 Å². The third kappa shape index (κ3) is 1.78. The van der Waals surface area contributed by atoms with Crippen molar-refractivity contribution in [3.63, 3.8) is 0 Å². The number of hydrogen-bond acceptors (Lipinski definition) is 4. The molecule has 0 saturated carbocycles. The smallest absolute Gasteiger partial charge is 0.409 e. The minimum atomic E-state index is -0.343. The zero-order valence-corrected chi connectivity index (χ0v) is 9.54. The zero-order chi connectivity index (χ0) is 11.0. The van der Waals surface area contributed by atoms with Crippen LogP contribution in [0.5, 0.6) is 0 Å². The van der Waals surface area contributed by atoms with Crippen molar-refractivity contribution in [3.05, 3.63) is 0 Å². The van der Waals surface area contributed by atoms with Crippen molar-refractivity contribution < 1.29 is 14.3 Å². The molecule has 2 aliphatic heterocycles. The molecule has 2 rings (SSSR count). The molecule has 3 unspecified atom stereocenters. The summed E-state index contributed by atoms with van der Waals surface area (Å²) in [5.74, 6) is 0.259. The Morgan fingerprint density at radius 1 is 1.60 bits per heavy atom. The maximum Gasteiger partial charge on any atom is 0.409 e. The SMILES string of the molecule is COC(=O)N1CC(C)C2SNC(=O)C2C1. The number of fused-ring (bicyclic) bond motifs is 1. The highest BCUT2D eigenvalue weighted by atomic mass is 32.2. The van der Waals surface area contributed by atoms with Gasteiger partial charge in [-0.05, 0) is 17.9 Å². The highest BCUT2D eigenvalue weighted by Crippen LogP contribution is 2.36. The summed E-state index contributed by atoms with van der Waals surface area (Å²) < 4.78 is 7.44. The first-order valence-electron chi connectivity index (χ1n) is 4.92. The number of ether oxygens (including phenoxy) is 1. The Morgan fingerprint density at radius 2 is 2.33 bits per heavy atom. The Kier molecular flexibility index (Phi) is 2.77. The van der Waals surface area contributed by atoms with Gasteiger partial charge >= 0.3 is 6.09 Å². The summed E-state index contributed by atoms with van der Waals surface area (Å²) in [5.41, 5.74) is 0. The number of nitrogens with one attached hydrogen (secondary N) is 1. The molecule has 6 heteroatoms. The van der Waals surface area contributed by atoms with Crippen LogP contribution in [0.15, 0.2) is 0 Å². The van der Waals surface area contributed by atoms with E-state index in [1.54, 1.807) is 4.90 Å². The van der Waals surface area contributed by atoms with Crippen LogP contribution >= 0.6 is 11.9 Å². The molecule has 2 fully saturated rings. The van der Waals surface area contributed by atoms with Crippen molar-refractivity contribution in [2.75, 3.05) is 20.2 Å². The molecule has 5 nitrogen and oxygen atoms in total. The van der Waals surface area contributed by atoms with Crippen molar-refractivity contribution in [2.24, 2.45) is 11.8 Å². The first-order chi connectivity index (χ1) is 7.13. The van der Waals surface area contributed by atoms with Gasteiger partial charge in [-0.2, -0.15) is 0 Å². The van der Waals surface area contributed by atoms with Crippen LogP contribution < -0.4 is 4.72 Å². The van der Waals surface area contributed by atoms with Crippen molar-refractivity contribution in [3.8, 4) is 0 Å². The molecule has 2 aliphatic rings. The van der Waals surface area contributed by atoms with Crippen molar-refractivity contribution >= 4 is 23.9 Å². The predicted octanol–water partition coefficient (Wildman–Crippen LogP) is 0.467. The molecule has 0 aromatic rings. The van der Waals surface area contributed by atoms with Crippen LogP contribution in [0.1, 0.15) is 6.92 Å². The van der Waals surface area contributed by atoms with Gasteiger partial charge in [-0.1, -0.05) is 6.92 Å². The number of hydrogen-bond donors (Lipinski definition) is 1. The van der Waals surface area contributed by atoms with E-state index in [0.29, 0.717) is 24.3 Å². The molecule has 2 amide bonds. The van der Waals surface area contributed by atoms with E-state index in [9.17, 15) is 9.59 Å². The monoisotopic (exact) mass is 230 g/mol. The van der Waals surface area contributed by atoms with Gasteiger partial charge in [-0.25, -0.2) is 4.79 Å². The molecular weight excluding hydrogens is 216 g/mol. The van der Waals surface area contributed by atoms with Crippen LogP contribution in [0.4, 0.5) is 4.79 Å². The second-order valence-electron chi connectivity index (χ2n) is 4.01. The summed E-state index contributed by atoms with van der Waals surface area (Å²) in [6.07, 6.45) is -0.343. The second-order valence-corrected chi connectivity index (χ2v) is 4.99. The van der Waals surface area contributed by atoms with Gasteiger partial charge in [0.1, 0.15) is 0 Å². The summed E-state index contributed by atoms with van der Waals surface area (Å²) in [5, 5.41) is 0.290. The minimum absolute atomic E-state index is 0.0328. The van der Waals surface area contributed by atoms with Crippen molar-refractivity contribution in [2.45, 2.75) is 12.2 Å². The van der Waals surface area contributed by atoms with Crippen LogP contribution in [0, 0.1) is 11.8 Å². The normalized spacial score (nSPS) is 34.7. The van der Waals surface area contributed by atoms with Crippen molar-refractivity contribution in [1.29, 1.82) is 0 Å². The van der Waals surface area contributed by atoms with Gasteiger partial charge in [0, 0.05) is 18.3 Å². The first kappa shape index (κ1) is 10.6. The topological polar surface area (TPSA) is 58.6 Å².